The fourth-order valence-electron chi connectivity index (χ4n) is 3.44. The number of carbonyl (C=O) groups is 2. The van der Waals surface area contributed by atoms with Gasteiger partial charge in [-0.3, -0.25) is 4.79 Å². The zero-order chi connectivity index (χ0) is 19.3. The third-order valence-electron chi connectivity index (χ3n) is 4.87. The topological polar surface area (TPSA) is 68.3 Å². The Bertz CT molecular complexity index is 938. The molecule has 7 heteroatoms. The van der Waals surface area contributed by atoms with Crippen molar-refractivity contribution >= 4 is 44.8 Å². The van der Waals surface area contributed by atoms with Crippen molar-refractivity contribution < 1.29 is 14.3 Å². The van der Waals surface area contributed by atoms with Crippen LogP contribution in [0.5, 0.6) is 0 Å². The summed E-state index contributed by atoms with van der Waals surface area (Å²) in [6, 6.07) is 11.8. The number of hydrogen-bond donors (Lipinski definition) is 1. The van der Waals surface area contributed by atoms with Crippen LogP contribution in [0.1, 0.15) is 48.2 Å². The van der Waals surface area contributed by atoms with Crippen LogP contribution in [0.25, 0.3) is 20.1 Å². The lowest BCUT2D eigenvalue weighted by molar-refractivity contribution is -0.125. The highest BCUT2D eigenvalue weighted by molar-refractivity contribution is 7.26. The van der Waals surface area contributed by atoms with Gasteiger partial charge in [0.05, 0.1) is 15.1 Å². The summed E-state index contributed by atoms with van der Waals surface area (Å²) >= 11 is 2.94. The van der Waals surface area contributed by atoms with Gasteiger partial charge in [0.1, 0.15) is 9.88 Å². The first-order valence-corrected chi connectivity index (χ1v) is 11.2. The van der Waals surface area contributed by atoms with Crippen molar-refractivity contribution in [2.24, 2.45) is 0 Å². The Morgan fingerprint density at radius 1 is 1.04 bits per heavy atom. The molecule has 1 aliphatic carbocycles. The molecule has 1 aromatic carbocycles. The molecule has 2 aromatic heterocycles. The van der Waals surface area contributed by atoms with Gasteiger partial charge in [0.2, 0.25) is 0 Å². The first-order valence-electron chi connectivity index (χ1n) is 9.61. The lowest BCUT2D eigenvalue weighted by Gasteiger charge is -2.15. The number of para-hydroxylation sites is 1. The molecular weight excluding hydrogens is 392 g/mol. The zero-order valence-electron chi connectivity index (χ0n) is 15.5. The quantitative estimate of drug-likeness (QED) is 0.470. The minimum absolute atomic E-state index is 0.209. The predicted molar refractivity (Wildman–Crippen MR) is 113 cm³/mol. The van der Waals surface area contributed by atoms with Gasteiger partial charge in [0.25, 0.3) is 5.91 Å². The van der Waals surface area contributed by atoms with Crippen LogP contribution >= 0.6 is 22.7 Å². The van der Waals surface area contributed by atoms with Crippen molar-refractivity contribution in [2.45, 2.75) is 44.6 Å². The van der Waals surface area contributed by atoms with Crippen LogP contribution in [-0.4, -0.2) is 29.5 Å². The van der Waals surface area contributed by atoms with E-state index in [2.05, 4.69) is 10.3 Å². The van der Waals surface area contributed by atoms with Crippen LogP contribution in [0.15, 0.2) is 36.4 Å². The van der Waals surface area contributed by atoms with Gasteiger partial charge in [-0.05, 0) is 37.1 Å². The second-order valence-electron chi connectivity index (χ2n) is 6.98. The number of aromatic nitrogens is 1. The monoisotopic (exact) mass is 414 g/mol. The Morgan fingerprint density at radius 3 is 2.61 bits per heavy atom. The lowest BCUT2D eigenvalue weighted by atomic mass is 10.1. The Balaban J connectivity index is 1.33. The average Bonchev–Trinajstić information content (AvgIpc) is 3.28. The van der Waals surface area contributed by atoms with E-state index in [1.807, 2.05) is 30.3 Å². The van der Waals surface area contributed by atoms with Gasteiger partial charge in [0, 0.05) is 6.04 Å². The fraction of sp³-hybridized carbons (Fsp3) is 0.381. The highest BCUT2D eigenvalue weighted by Gasteiger charge is 2.18. The van der Waals surface area contributed by atoms with Crippen molar-refractivity contribution in [3.05, 3.63) is 41.3 Å². The second kappa shape index (κ2) is 8.84. The van der Waals surface area contributed by atoms with Gasteiger partial charge in [-0.15, -0.1) is 22.7 Å². The number of benzene rings is 1. The summed E-state index contributed by atoms with van der Waals surface area (Å²) in [6.07, 6.45) is 6.78. The SMILES string of the molecule is O=C(COC(=O)c1ccc(-c2nc3ccccc3s2)s1)NC1CCCCCC1. The predicted octanol–water partition coefficient (Wildman–Crippen LogP) is 5.02. The van der Waals surface area contributed by atoms with Gasteiger partial charge in [0.15, 0.2) is 6.61 Å². The summed E-state index contributed by atoms with van der Waals surface area (Å²) in [5, 5.41) is 3.88. The number of amides is 1. The van der Waals surface area contributed by atoms with Gasteiger partial charge >= 0.3 is 5.97 Å². The van der Waals surface area contributed by atoms with E-state index in [0.717, 1.165) is 45.8 Å². The Hall–Kier alpha value is -2.25. The number of ether oxygens (including phenoxy) is 1. The summed E-state index contributed by atoms with van der Waals surface area (Å²) in [7, 11) is 0. The number of nitrogens with zero attached hydrogens (tertiary/aromatic N) is 1. The van der Waals surface area contributed by atoms with E-state index in [4.69, 9.17) is 4.74 Å². The number of thiophene rings is 1. The van der Waals surface area contributed by atoms with Gasteiger partial charge in [-0.2, -0.15) is 0 Å². The third-order valence-corrected chi connectivity index (χ3v) is 7.14. The molecule has 1 saturated carbocycles. The third kappa shape index (κ3) is 4.59. The standard InChI is InChI=1S/C21H22N2O3S2/c24-19(22-14-7-3-1-2-4-8-14)13-26-21(25)18-12-11-17(27-18)20-23-15-9-5-6-10-16(15)28-20/h5-6,9-12,14H,1-4,7-8,13H2,(H,22,24). The van der Waals surface area contributed by atoms with E-state index in [1.54, 1.807) is 17.4 Å². The molecule has 0 spiro atoms. The minimum atomic E-state index is -0.464. The largest absolute Gasteiger partial charge is 0.451 e. The highest BCUT2D eigenvalue weighted by atomic mass is 32.1. The van der Waals surface area contributed by atoms with E-state index in [-0.39, 0.29) is 18.6 Å². The molecule has 0 unspecified atom stereocenters. The number of fused-ring (bicyclic) bond motifs is 1. The normalized spacial score (nSPS) is 15.3. The molecule has 0 atom stereocenters. The average molecular weight is 415 g/mol. The van der Waals surface area contributed by atoms with Crippen molar-refractivity contribution in [2.75, 3.05) is 6.61 Å². The van der Waals surface area contributed by atoms with Crippen LogP contribution in [0, 0.1) is 0 Å². The lowest BCUT2D eigenvalue weighted by Crippen LogP contribution is -2.37. The maximum absolute atomic E-state index is 12.3. The molecule has 28 heavy (non-hydrogen) atoms. The summed E-state index contributed by atoms with van der Waals surface area (Å²) in [6.45, 7) is -0.232. The summed E-state index contributed by atoms with van der Waals surface area (Å²) in [4.78, 5) is 30.4. The van der Waals surface area contributed by atoms with Crippen LogP contribution in [0.2, 0.25) is 0 Å². The number of esters is 1. The molecule has 1 fully saturated rings. The highest BCUT2D eigenvalue weighted by Crippen LogP contribution is 2.34. The summed E-state index contributed by atoms with van der Waals surface area (Å²) in [5.41, 5.74) is 0.954. The molecule has 146 valence electrons. The van der Waals surface area contributed by atoms with Gasteiger partial charge in [-0.25, -0.2) is 9.78 Å². The molecule has 5 nitrogen and oxygen atoms in total. The fourth-order valence-corrected chi connectivity index (χ4v) is 5.36. The van der Waals surface area contributed by atoms with Crippen LogP contribution in [0.4, 0.5) is 0 Å². The van der Waals surface area contributed by atoms with Crippen LogP contribution in [0.3, 0.4) is 0 Å². The number of rotatable bonds is 5. The zero-order valence-corrected chi connectivity index (χ0v) is 17.1. The summed E-state index contributed by atoms with van der Waals surface area (Å²) < 4.78 is 6.33. The Kier molecular flexibility index (Phi) is 6.02. The van der Waals surface area contributed by atoms with E-state index in [0.29, 0.717) is 4.88 Å². The molecule has 4 rings (SSSR count). The maximum Gasteiger partial charge on any atom is 0.348 e. The molecular formula is C21H22N2O3S2. The van der Waals surface area contributed by atoms with E-state index < -0.39 is 5.97 Å². The maximum atomic E-state index is 12.3. The molecule has 1 N–H and O–H groups in total. The first kappa shape index (κ1) is 19.1. The molecule has 0 bridgehead atoms. The molecule has 3 aromatic rings. The van der Waals surface area contributed by atoms with Crippen LogP contribution in [-0.2, 0) is 9.53 Å². The van der Waals surface area contributed by atoms with Crippen LogP contribution < -0.4 is 5.32 Å². The summed E-state index contributed by atoms with van der Waals surface area (Å²) in [5.74, 6) is -0.684. The first-order chi connectivity index (χ1) is 13.7. The van der Waals surface area contributed by atoms with Gasteiger partial charge in [-0.1, -0.05) is 37.8 Å². The molecule has 1 aliphatic rings. The molecule has 0 aliphatic heterocycles. The van der Waals surface area contributed by atoms with Gasteiger partial charge < -0.3 is 10.1 Å². The van der Waals surface area contributed by atoms with E-state index >= 15 is 0 Å². The number of carbonyl (C=O) groups excluding carboxylic acids is 2. The minimum Gasteiger partial charge on any atom is -0.451 e. The smallest absolute Gasteiger partial charge is 0.348 e. The van der Waals surface area contributed by atoms with E-state index in [9.17, 15) is 9.59 Å². The van der Waals surface area contributed by atoms with Crippen molar-refractivity contribution in [1.82, 2.24) is 10.3 Å². The molecule has 2 heterocycles. The number of hydrogen-bond acceptors (Lipinski definition) is 6. The Morgan fingerprint density at radius 2 is 1.82 bits per heavy atom. The number of nitrogens with one attached hydrogen (secondary N) is 1. The molecule has 0 radical (unpaired) electrons. The van der Waals surface area contributed by atoms with Crippen molar-refractivity contribution in [3.8, 4) is 9.88 Å². The number of thiazole rings is 1. The van der Waals surface area contributed by atoms with Crippen molar-refractivity contribution in [3.63, 3.8) is 0 Å². The molecule has 0 saturated heterocycles. The second-order valence-corrected chi connectivity index (χ2v) is 9.10. The molecule has 1 amide bonds. The Labute approximate surface area is 171 Å². The van der Waals surface area contributed by atoms with Crippen molar-refractivity contribution in [1.29, 1.82) is 0 Å². The van der Waals surface area contributed by atoms with E-state index in [1.165, 1.54) is 24.2 Å².